The van der Waals surface area contributed by atoms with Gasteiger partial charge in [-0.05, 0) is 33.0 Å². The Hall–Kier alpha value is -4.41. The van der Waals surface area contributed by atoms with Crippen molar-refractivity contribution < 1.29 is 0 Å². The Morgan fingerprint density at radius 3 is 1.72 bits per heavy atom. The molecule has 0 amide bonds. The van der Waals surface area contributed by atoms with Gasteiger partial charge in [-0.1, -0.05) is 127 Å². The topological polar surface area (TPSA) is 23.8 Å². The van der Waals surface area contributed by atoms with Crippen LogP contribution < -0.4 is 0 Å². The van der Waals surface area contributed by atoms with Crippen LogP contribution in [-0.4, -0.2) is 0 Å². The van der Waals surface area contributed by atoms with Crippen LogP contribution in [0.25, 0.3) is 45.8 Å². The number of hydrogen-bond acceptors (Lipinski definition) is 1. The molecule has 0 unspecified atom stereocenters. The van der Waals surface area contributed by atoms with Crippen molar-refractivity contribution in [2.45, 2.75) is 0 Å². The lowest BCUT2D eigenvalue weighted by atomic mass is 9.89. The lowest BCUT2D eigenvalue weighted by Crippen LogP contribution is -1.91. The lowest BCUT2D eigenvalue weighted by Gasteiger charge is -2.13. The van der Waals surface area contributed by atoms with E-state index in [-0.39, 0.29) is 0 Å². The molecule has 0 aliphatic heterocycles. The maximum Gasteiger partial charge on any atom is 0.100 e. The van der Waals surface area contributed by atoms with Crippen LogP contribution >= 0.6 is 0 Å². The molecule has 0 saturated carbocycles. The first kappa shape index (κ1) is 19.5. The molecule has 0 bridgehead atoms. The predicted molar refractivity (Wildman–Crippen MR) is 137 cm³/mol. The third-order valence-electron chi connectivity index (χ3n) is 5.73. The van der Waals surface area contributed by atoms with Crippen molar-refractivity contribution in [2.24, 2.45) is 0 Å². The van der Waals surface area contributed by atoms with Gasteiger partial charge in [-0.15, -0.1) is 0 Å². The fourth-order valence-electron chi connectivity index (χ4n) is 4.22. The van der Waals surface area contributed by atoms with Gasteiger partial charge in [-0.3, -0.25) is 0 Å². The van der Waals surface area contributed by atoms with Crippen molar-refractivity contribution in [3.8, 4) is 6.07 Å². The number of rotatable bonds is 4. The number of nitrogens with zero attached hydrogens (tertiary/aromatic N) is 1. The standard InChI is InChI=1S/C31H21N/c32-22-30-27-16-8-7-15-26(27)28(21-19-24-12-5-2-6-13-24)29-17-9-14-25(31(29)30)20-18-23-10-3-1-4-11-23/h1-21H. The summed E-state index contributed by atoms with van der Waals surface area (Å²) in [5.74, 6) is 0. The SMILES string of the molecule is N#Cc1c2ccccc2c(C=Cc2ccccc2)c2cccc(C=Cc3ccccc3)c12. The van der Waals surface area contributed by atoms with Crippen molar-refractivity contribution in [3.63, 3.8) is 0 Å². The molecule has 0 fully saturated rings. The molecule has 5 aromatic rings. The smallest absolute Gasteiger partial charge is 0.100 e. The molecule has 0 N–H and O–H groups in total. The fraction of sp³-hybridized carbons (Fsp3) is 0. The highest BCUT2D eigenvalue weighted by atomic mass is 14.3. The fourth-order valence-corrected chi connectivity index (χ4v) is 4.22. The Kier molecular flexibility index (Phi) is 5.35. The van der Waals surface area contributed by atoms with Gasteiger partial charge >= 0.3 is 0 Å². The maximum absolute atomic E-state index is 10.2. The first-order chi connectivity index (χ1) is 15.8. The van der Waals surface area contributed by atoms with Crippen LogP contribution in [0.15, 0.2) is 103 Å². The molecule has 32 heavy (non-hydrogen) atoms. The Morgan fingerprint density at radius 1 is 0.500 bits per heavy atom. The minimum absolute atomic E-state index is 0.723. The van der Waals surface area contributed by atoms with Gasteiger partial charge in [0, 0.05) is 10.8 Å². The van der Waals surface area contributed by atoms with E-state index in [1.165, 1.54) is 0 Å². The molecule has 5 rings (SSSR count). The third kappa shape index (κ3) is 3.71. The van der Waals surface area contributed by atoms with Gasteiger partial charge in [-0.2, -0.15) is 5.26 Å². The molecule has 1 nitrogen and oxygen atoms in total. The van der Waals surface area contributed by atoms with Gasteiger partial charge < -0.3 is 0 Å². The van der Waals surface area contributed by atoms with E-state index in [1.54, 1.807) is 0 Å². The van der Waals surface area contributed by atoms with Gasteiger partial charge in [0.2, 0.25) is 0 Å². The summed E-state index contributed by atoms with van der Waals surface area (Å²) < 4.78 is 0. The van der Waals surface area contributed by atoms with Crippen molar-refractivity contribution in [3.05, 3.63) is 131 Å². The summed E-state index contributed by atoms with van der Waals surface area (Å²) in [6.07, 6.45) is 8.52. The first-order valence-corrected chi connectivity index (χ1v) is 10.7. The Balaban J connectivity index is 1.78. The second-order valence-corrected chi connectivity index (χ2v) is 7.70. The molecule has 0 radical (unpaired) electrons. The number of fused-ring (bicyclic) bond motifs is 2. The molecular weight excluding hydrogens is 386 g/mol. The van der Waals surface area contributed by atoms with Crippen LogP contribution in [0.1, 0.15) is 27.8 Å². The average molecular weight is 408 g/mol. The van der Waals surface area contributed by atoms with Crippen LogP contribution in [0.5, 0.6) is 0 Å². The van der Waals surface area contributed by atoms with Crippen LogP contribution in [0.2, 0.25) is 0 Å². The average Bonchev–Trinajstić information content (AvgIpc) is 2.86. The summed E-state index contributed by atoms with van der Waals surface area (Å²) >= 11 is 0. The maximum atomic E-state index is 10.2. The van der Waals surface area contributed by atoms with Crippen LogP contribution in [0.3, 0.4) is 0 Å². The molecular formula is C31H21N. The monoisotopic (exact) mass is 407 g/mol. The summed E-state index contributed by atoms with van der Waals surface area (Å²) in [6, 6.07) is 37.5. The molecule has 0 spiro atoms. The highest BCUT2D eigenvalue weighted by Gasteiger charge is 2.14. The van der Waals surface area contributed by atoms with Crippen molar-refractivity contribution >= 4 is 45.8 Å². The van der Waals surface area contributed by atoms with Crippen molar-refractivity contribution in [1.82, 2.24) is 0 Å². The second kappa shape index (κ2) is 8.76. The molecule has 0 saturated heterocycles. The minimum atomic E-state index is 0.723. The van der Waals surface area contributed by atoms with E-state index in [0.29, 0.717) is 0 Å². The molecule has 0 aliphatic carbocycles. The van der Waals surface area contributed by atoms with Gasteiger partial charge in [-0.25, -0.2) is 0 Å². The van der Waals surface area contributed by atoms with Gasteiger partial charge in [0.25, 0.3) is 0 Å². The van der Waals surface area contributed by atoms with Gasteiger partial charge in [0.15, 0.2) is 0 Å². The van der Waals surface area contributed by atoms with Gasteiger partial charge in [0.1, 0.15) is 6.07 Å². The van der Waals surface area contributed by atoms with Crippen LogP contribution in [0, 0.1) is 11.3 Å². The Bertz CT molecular complexity index is 1500. The van der Waals surface area contributed by atoms with E-state index in [1.807, 2.05) is 54.6 Å². The van der Waals surface area contributed by atoms with E-state index >= 15 is 0 Å². The Labute approximate surface area is 188 Å². The van der Waals surface area contributed by atoms with Crippen molar-refractivity contribution in [1.29, 1.82) is 5.26 Å². The van der Waals surface area contributed by atoms with E-state index < -0.39 is 0 Å². The highest BCUT2D eigenvalue weighted by Crippen LogP contribution is 2.36. The predicted octanol–water partition coefficient (Wildman–Crippen LogP) is 8.21. The molecule has 0 aliphatic rings. The summed E-state index contributed by atoms with van der Waals surface area (Å²) in [5.41, 5.74) is 5.18. The molecule has 150 valence electrons. The summed E-state index contributed by atoms with van der Waals surface area (Å²) in [6.45, 7) is 0. The molecule has 0 heterocycles. The zero-order chi connectivity index (χ0) is 21.8. The minimum Gasteiger partial charge on any atom is -0.192 e. The zero-order valence-electron chi connectivity index (χ0n) is 17.6. The summed E-state index contributed by atoms with van der Waals surface area (Å²) in [7, 11) is 0. The van der Waals surface area contributed by atoms with E-state index in [0.717, 1.165) is 49.4 Å². The largest absolute Gasteiger partial charge is 0.192 e. The summed E-state index contributed by atoms with van der Waals surface area (Å²) in [4.78, 5) is 0. The number of hydrogen-bond donors (Lipinski definition) is 0. The Morgan fingerprint density at radius 2 is 1.06 bits per heavy atom. The van der Waals surface area contributed by atoms with Crippen LogP contribution in [0.4, 0.5) is 0 Å². The van der Waals surface area contributed by atoms with E-state index in [2.05, 4.69) is 78.9 Å². The highest BCUT2D eigenvalue weighted by molar-refractivity contribution is 6.14. The number of benzene rings is 5. The molecule has 1 heteroatoms. The molecule has 0 atom stereocenters. The lowest BCUT2D eigenvalue weighted by molar-refractivity contribution is 1.51. The second-order valence-electron chi connectivity index (χ2n) is 7.70. The zero-order valence-corrected chi connectivity index (χ0v) is 17.6. The normalized spacial score (nSPS) is 11.5. The first-order valence-electron chi connectivity index (χ1n) is 10.7. The molecule has 0 aromatic heterocycles. The van der Waals surface area contributed by atoms with Crippen molar-refractivity contribution in [2.75, 3.05) is 0 Å². The van der Waals surface area contributed by atoms with Crippen LogP contribution in [-0.2, 0) is 0 Å². The quantitative estimate of drug-likeness (QED) is 0.217. The van der Waals surface area contributed by atoms with E-state index in [4.69, 9.17) is 0 Å². The number of nitriles is 1. The van der Waals surface area contributed by atoms with E-state index in [9.17, 15) is 5.26 Å². The molecule has 5 aromatic carbocycles. The summed E-state index contributed by atoms with van der Waals surface area (Å²) in [5, 5.41) is 14.3. The van der Waals surface area contributed by atoms with Gasteiger partial charge in [0.05, 0.1) is 5.56 Å². The third-order valence-corrected chi connectivity index (χ3v) is 5.73.